The van der Waals surface area contributed by atoms with Crippen molar-refractivity contribution in [2.24, 2.45) is 0 Å². The predicted octanol–water partition coefficient (Wildman–Crippen LogP) is 3.24. The summed E-state index contributed by atoms with van der Waals surface area (Å²) in [5.74, 6) is -0.254. The van der Waals surface area contributed by atoms with E-state index < -0.39 is 0 Å². The van der Waals surface area contributed by atoms with E-state index in [2.05, 4.69) is 15.0 Å². The molecule has 1 fully saturated rings. The van der Waals surface area contributed by atoms with Crippen LogP contribution in [0.4, 0.5) is 10.3 Å². The summed E-state index contributed by atoms with van der Waals surface area (Å²) in [6.07, 6.45) is 6.47. The zero-order valence-electron chi connectivity index (χ0n) is 14.5. The minimum absolute atomic E-state index is 0.0900. The van der Waals surface area contributed by atoms with Crippen molar-refractivity contribution in [3.8, 4) is 11.1 Å². The monoisotopic (exact) mass is 363 g/mol. The quantitative estimate of drug-likeness (QED) is 0.772. The average molecular weight is 363 g/mol. The van der Waals surface area contributed by atoms with Crippen LogP contribution in [0.1, 0.15) is 34.9 Å². The molecular weight excluding hydrogens is 345 g/mol. The summed E-state index contributed by atoms with van der Waals surface area (Å²) in [6.45, 7) is 0.630. The smallest absolute Gasteiger partial charge is 0.255 e. The van der Waals surface area contributed by atoms with Crippen molar-refractivity contribution < 1.29 is 9.18 Å². The number of nitrogens with two attached hydrogens (primary N) is 1. The number of amides is 1. The topological polar surface area (TPSA) is 85.0 Å². The van der Waals surface area contributed by atoms with Crippen LogP contribution in [0.25, 0.3) is 11.1 Å². The molecule has 0 spiro atoms. The number of likely N-dealkylation sites (tertiary alicyclic amines) is 1. The average Bonchev–Trinajstić information content (AvgIpc) is 3.18. The van der Waals surface area contributed by atoms with Gasteiger partial charge in [0.1, 0.15) is 5.82 Å². The van der Waals surface area contributed by atoms with Crippen LogP contribution in [0.15, 0.2) is 55.0 Å². The fraction of sp³-hybridized carbons (Fsp3) is 0.200. The number of pyridine rings is 1. The first-order valence-corrected chi connectivity index (χ1v) is 8.73. The number of benzene rings is 1. The zero-order chi connectivity index (χ0) is 18.8. The van der Waals surface area contributed by atoms with Gasteiger partial charge < -0.3 is 10.6 Å². The lowest BCUT2D eigenvalue weighted by Gasteiger charge is -2.26. The van der Waals surface area contributed by atoms with Crippen molar-refractivity contribution in [3.05, 3.63) is 72.1 Å². The lowest BCUT2D eigenvalue weighted by Crippen LogP contribution is -2.31. The highest BCUT2D eigenvalue weighted by Crippen LogP contribution is 2.37. The van der Waals surface area contributed by atoms with Gasteiger partial charge in [-0.2, -0.15) is 0 Å². The van der Waals surface area contributed by atoms with E-state index in [1.807, 2.05) is 0 Å². The van der Waals surface area contributed by atoms with E-state index in [4.69, 9.17) is 5.73 Å². The molecule has 0 bridgehead atoms. The van der Waals surface area contributed by atoms with Gasteiger partial charge in [0.2, 0.25) is 5.95 Å². The van der Waals surface area contributed by atoms with Gasteiger partial charge in [-0.25, -0.2) is 14.4 Å². The summed E-state index contributed by atoms with van der Waals surface area (Å²) in [7, 11) is 0. The second-order valence-electron chi connectivity index (χ2n) is 6.43. The Bertz CT molecular complexity index is 962. The van der Waals surface area contributed by atoms with Gasteiger partial charge in [0.25, 0.3) is 5.91 Å². The molecule has 1 atom stereocenters. The van der Waals surface area contributed by atoms with Crippen molar-refractivity contribution in [3.63, 3.8) is 0 Å². The standard InChI is InChI=1S/C20H18FN5O/c21-15-7-5-13(6-8-15)16-12-24-20(22)25-18(16)17-4-2-10-26(17)19(27)14-3-1-9-23-11-14/h1,3,5-9,11-12,17H,2,4,10H2,(H2,22,24,25). The SMILES string of the molecule is Nc1ncc(-c2ccc(F)cc2)c(C2CCCN2C(=O)c2cccnc2)n1. The molecule has 1 saturated heterocycles. The minimum atomic E-state index is -0.314. The zero-order valence-corrected chi connectivity index (χ0v) is 14.5. The summed E-state index contributed by atoms with van der Waals surface area (Å²) in [4.78, 5) is 27.3. The van der Waals surface area contributed by atoms with E-state index in [0.29, 0.717) is 17.8 Å². The number of nitrogen functional groups attached to an aromatic ring is 1. The Kier molecular flexibility index (Phi) is 4.50. The molecule has 1 aliphatic heterocycles. The fourth-order valence-corrected chi connectivity index (χ4v) is 3.46. The van der Waals surface area contributed by atoms with Gasteiger partial charge >= 0.3 is 0 Å². The Morgan fingerprint density at radius 3 is 2.74 bits per heavy atom. The third kappa shape index (κ3) is 3.36. The molecule has 2 N–H and O–H groups in total. The molecule has 0 radical (unpaired) electrons. The maximum absolute atomic E-state index is 13.3. The first-order chi connectivity index (χ1) is 13.1. The van der Waals surface area contributed by atoms with Crippen LogP contribution in [0.2, 0.25) is 0 Å². The number of carbonyl (C=O) groups is 1. The first-order valence-electron chi connectivity index (χ1n) is 8.73. The van der Waals surface area contributed by atoms with Gasteiger partial charge in [-0.15, -0.1) is 0 Å². The molecular formula is C20H18FN5O. The van der Waals surface area contributed by atoms with E-state index >= 15 is 0 Å². The Hall–Kier alpha value is -3.35. The van der Waals surface area contributed by atoms with Crippen molar-refractivity contribution in [2.75, 3.05) is 12.3 Å². The minimum Gasteiger partial charge on any atom is -0.368 e. The highest BCUT2D eigenvalue weighted by atomic mass is 19.1. The molecule has 1 aromatic carbocycles. The van der Waals surface area contributed by atoms with Crippen LogP contribution in [0.5, 0.6) is 0 Å². The van der Waals surface area contributed by atoms with Crippen molar-refractivity contribution in [2.45, 2.75) is 18.9 Å². The Labute approximate surface area is 155 Å². The van der Waals surface area contributed by atoms with Gasteiger partial charge in [-0.3, -0.25) is 9.78 Å². The predicted molar refractivity (Wildman–Crippen MR) is 99.1 cm³/mol. The van der Waals surface area contributed by atoms with Crippen LogP contribution >= 0.6 is 0 Å². The molecule has 1 unspecified atom stereocenters. The van der Waals surface area contributed by atoms with Gasteiger partial charge in [-0.05, 0) is 42.7 Å². The lowest BCUT2D eigenvalue weighted by atomic mass is 9.99. The molecule has 3 heterocycles. The molecule has 2 aromatic heterocycles. The van der Waals surface area contributed by atoms with Gasteiger partial charge in [0.05, 0.1) is 17.3 Å². The number of rotatable bonds is 3. The second kappa shape index (κ2) is 7.11. The van der Waals surface area contributed by atoms with Crippen molar-refractivity contribution in [1.29, 1.82) is 0 Å². The first kappa shape index (κ1) is 17.1. The van der Waals surface area contributed by atoms with Crippen LogP contribution in [0, 0.1) is 5.82 Å². The lowest BCUT2D eigenvalue weighted by molar-refractivity contribution is 0.0733. The normalized spacial score (nSPS) is 16.5. The van der Waals surface area contributed by atoms with Gasteiger partial charge in [0, 0.05) is 30.7 Å². The number of hydrogen-bond donors (Lipinski definition) is 1. The number of carbonyl (C=O) groups excluding carboxylic acids is 1. The highest BCUT2D eigenvalue weighted by Gasteiger charge is 2.33. The number of aromatic nitrogens is 3. The fourth-order valence-electron chi connectivity index (χ4n) is 3.46. The third-order valence-electron chi connectivity index (χ3n) is 4.73. The maximum Gasteiger partial charge on any atom is 0.255 e. The number of nitrogens with zero attached hydrogens (tertiary/aromatic N) is 4. The second-order valence-corrected chi connectivity index (χ2v) is 6.43. The summed E-state index contributed by atoms with van der Waals surface area (Å²) in [5.41, 5.74) is 8.59. The van der Waals surface area contributed by atoms with E-state index in [-0.39, 0.29) is 23.7 Å². The molecule has 0 saturated carbocycles. The number of hydrogen-bond acceptors (Lipinski definition) is 5. The van der Waals surface area contributed by atoms with Crippen molar-refractivity contribution in [1.82, 2.24) is 19.9 Å². The Balaban J connectivity index is 1.74. The molecule has 4 rings (SSSR count). The van der Waals surface area contributed by atoms with Gasteiger partial charge in [0.15, 0.2) is 0 Å². The van der Waals surface area contributed by atoms with E-state index in [1.165, 1.54) is 12.1 Å². The molecule has 136 valence electrons. The number of anilines is 1. The summed E-state index contributed by atoms with van der Waals surface area (Å²) < 4.78 is 13.3. The Morgan fingerprint density at radius 2 is 2.00 bits per heavy atom. The van der Waals surface area contributed by atoms with Crippen LogP contribution in [-0.2, 0) is 0 Å². The molecule has 27 heavy (non-hydrogen) atoms. The molecule has 1 aliphatic rings. The summed E-state index contributed by atoms with van der Waals surface area (Å²) >= 11 is 0. The molecule has 6 nitrogen and oxygen atoms in total. The molecule has 3 aromatic rings. The van der Waals surface area contributed by atoms with Crippen LogP contribution < -0.4 is 5.73 Å². The highest BCUT2D eigenvalue weighted by molar-refractivity contribution is 5.94. The molecule has 0 aliphatic carbocycles. The van der Waals surface area contributed by atoms with Crippen LogP contribution in [-0.4, -0.2) is 32.3 Å². The largest absolute Gasteiger partial charge is 0.368 e. The van der Waals surface area contributed by atoms with Crippen LogP contribution in [0.3, 0.4) is 0 Å². The Morgan fingerprint density at radius 1 is 1.19 bits per heavy atom. The van der Waals surface area contributed by atoms with E-state index in [9.17, 15) is 9.18 Å². The summed E-state index contributed by atoms with van der Waals surface area (Å²) in [5, 5.41) is 0. The molecule has 1 amide bonds. The third-order valence-corrected chi connectivity index (χ3v) is 4.73. The summed E-state index contributed by atoms with van der Waals surface area (Å²) in [6, 6.07) is 9.41. The number of halogens is 1. The van der Waals surface area contributed by atoms with E-state index in [1.54, 1.807) is 47.8 Å². The van der Waals surface area contributed by atoms with Crippen molar-refractivity contribution >= 4 is 11.9 Å². The molecule has 7 heteroatoms. The van der Waals surface area contributed by atoms with E-state index in [0.717, 1.165) is 24.0 Å². The van der Waals surface area contributed by atoms with Gasteiger partial charge in [-0.1, -0.05) is 12.1 Å². The maximum atomic E-state index is 13.3.